The van der Waals surface area contributed by atoms with Gasteiger partial charge in [-0.05, 0) is 68.7 Å². The molecule has 0 bridgehead atoms. The van der Waals surface area contributed by atoms with E-state index in [9.17, 15) is 9.59 Å². The Kier molecular flexibility index (Phi) is 4.48. The summed E-state index contributed by atoms with van der Waals surface area (Å²) < 4.78 is 5.97. The number of piperidine rings is 1. The fourth-order valence-electron chi connectivity index (χ4n) is 3.77. The first-order chi connectivity index (χ1) is 13.0. The van der Waals surface area contributed by atoms with Crippen molar-refractivity contribution in [1.29, 1.82) is 0 Å². The van der Waals surface area contributed by atoms with Crippen molar-refractivity contribution in [3.05, 3.63) is 53.6 Å². The number of ether oxygens (including phenoxy) is 1. The van der Waals surface area contributed by atoms with Gasteiger partial charge in [0.15, 0.2) is 6.23 Å². The van der Waals surface area contributed by atoms with Crippen LogP contribution in [0.15, 0.2) is 42.5 Å². The standard InChI is InChI=1S/C21H22N2O4/c1-14-23(17-8-5-15(6-9-17)21(25)26)18-10-7-16(13-19(18)27-14)20(24)22-11-3-2-4-12-22/h5-10,13-14H,2-4,11-12H2,1H3,(H,25,26). The highest BCUT2D eigenvalue weighted by molar-refractivity contribution is 5.96. The quantitative estimate of drug-likeness (QED) is 0.892. The van der Waals surface area contributed by atoms with Crippen LogP contribution in [-0.4, -0.2) is 41.2 Å². The second-order valence-electron chi connectivity index (χ2n) is 6.97. The van der Waals surface area contributed by atoms with E-state index >= 15 is 0 Å². The molecule has 2 aliphatic rings. The Morgan fingerprint density at radius 1 is 1.00 bits per heavy atom. The topological polar surface area (TPSA) is 70.1 Å². The number of amides is 1. The third-order valence-corrected chi connectivity index (χ3v) is 5.16. The molecular formula is C21H22N2O4. The number of likely N-dealkylation sites (tertiary alicyclic amines) is 1. The van der Waals surface area contributed by atoms with Crippen LogP contribution in [0.2, 0.25) is 0 Å². The lowest BCUT2D eigenvalue weighted by Gasteiger charge is -2.26. The van der Waals surface area contributed by atoms with Crippen LogP contribution in [0.25, 0.3) is 0 Å². The summed E-state index contributed by atoms with van der Waals surface area (Å²) >= 11 is 0. The van der Waals surface area contributed by atoms with Gasteiger partial charge >= 0.3 is 5.97 Å². The molecule has 27 heavy (non-hydrogen) atoms. The van der Waals surface area contributed by atoms with Gasteiger partial charge in [-0.3, -0.25) is 4.79 Å². The molecule has 0 spiro atoms. The number of aromatic carboxylic acids is 1. The van der Waals surface area contributed by atoms with Crippen LogP contribution >= 0.6 is 0 Å². The molecule has 2 aromatic rings. The Hall–Kier alpha value is -3.02. The van der Waals surface area contributed by atoms with Crippen molar-refractivity contribution in [2.24, 2.45) is 0 Å². The molecule has 1 amide bonds. The SMILES string of the molecule is CC1Oc2cc(C(=O)N3CCCCC3)ccc2N1c1ccc(C(=O)O)cc1. The summed E-state index contributed by atoms with van der Waals surface area (Å²) in [5, 5.41) is 9.07. The molecule has 0 aliphatic carbocycles. The predicted octanol–water partition coefficient (Wildman–Crippen LogP) is 3.89. The third-order valence-electron chi connectivity index (χ3n) is 5.16. The van der Waals surface area contributed by atoms with Crippen LogP contribution in [0.5, 0.6) is 5.75 Å². The minimum atomic E-state index is -0.950. The molecule has 1 fully saturated rings. The number of carbonyl (C=O) groups is 2. The molecule has 0 saturated carbocycles. The lowest BCUT2D eigenvalue weighted by Crippen LogP contribution is -2.35. The Morgan fingerprint density at radius 2 is 1.67 bits per heavy atom. The number of carbonyl (C=O) groups excluding carboxylic acids is 1. The Labute approximate surface area is 158 Å². The van der Waals surface area contributed by atoms with Gasteiger partial charge in [0.1, 0.15) is 5.75 Å². The first-order valence-electron chi connectivity index (χ1n) is 9.27. The van der Waals surface area contributed by atoms with Gasteiger partial charge in [0, 0.05) is 24.3 Å². The van der Waals surface area contributed by atoms with E-state index in [4.69, 9.17) is 9.84 Å². The number of carboxylic acids is 1. The van der Waals surface area contributed by atoms with Crippen LogP contribution in [0.1, 0.15) is 46.9 Å². The highest BCUT2D eigenvalue weighted by atomic mass is 16.5. The van der Waals surface area contributed by atoms with Crippen LogP contribution < -0.4 is 9.64 Å². The molecule has 6 nitrogen and oxygen atoms in total. The summed E-state index contributed by atoms with van der Waals surface area (Å²) in [4.78, 5) is 27.7. The second kappa shape index (κ2) is 6.95. The van der Waals surface area contributed by atoms with Gasteiger partial charge in [-0.1, -0.05) is 0 Å². The Balaban J connectivity index is 1.60. The summed E-state index contributed by atoms with van der Waals surface area (Å²) in [7, 11) is 0. The lowest BCUT2D eigenvalue weighted by molar-refractivity contribution is 0.0694. The lowest BCUT2D eigenvalue weighted by atomic mass is 10.1. The summed E-state index contributed by atoms with van der Waals surface area (Å²) in [6.45, 7) is 3.56. The molecule has 0 aromatic heterocycles. The van der Waals surface area contributed by atoms with E-state index in [1.54, 1.807) is 24.3 Å². The van der Waals surface area contributed by atoms with Crippen molar-refractivity contribution in [3.63, 3.8) is 0 Å². The zero-order chi connectivity index (χ0) is 19.0. The second-order valence-corrected chi connectivity index (χ2v) is 6.97. The van der Waals surface area contributed by atoms with Crippen molar-refractivity contribution in [2.75, 3.05) is 18.0 Å². The van der Waals surface area contributed by atoms with Gasteiger partial charge in [0.2, 0.25) is 0 Å². The van der Waals surface area contributed by atoms with E-state index < -0.39 is 5.97 Å². The van der Waals surface area contributed by atoms with Gasteiger partial charge in [-0.2, -0.15) is 0 Å². The van der Waals surface area contributed by atoms with Crippen LogP contribution in [-0.2, 0) is 0 Å². The number of benzene rings is 2. The maximum Gasteiger partial charge on any atom is 0.335 e. The number of hydrogen-bond acceptors (Lipinski definition) is 4. The normalized spacial score (nSPS) is 18.8. The Morgan fingerprint density at radius 3 is 2.33 bits per heavy atom. The molecule has 2 heterocycles. The molecule has 1 saturated heterocycles. The largest absolute Gasteiger partial charge is 0.478 e. The summed E-state index contributed by atoms with van der Waals surface area (Å²) in [6.07, 6.45) is 3.06. The number of anilines is 2. The van der Waals surface area contributed by atoms with Crippen molar-refractivity contribution in [2.45, 2.75) is 32.4 Å². The monoisotopic (exact) mass is 366 g/mol. The van der Waals surface area contributed by atoms with Crippen molar-refractivity contribution in [1.82, 2.24) is 4.90 Å². The van der Waals surface area contributed by atoms with Crippen molar-refractivity contribution in [3.8, 4) is 5.75 Å². The zero-order valence-corrected chi connectivity index (χ0v) is 15.2. The maximum absolute atomic E-state index is 12.7. The van der Waals surface area contributed by atoms with E-state index in [2.05, 4.69) is 0 Å². The van der Waals surface area contributed by atoms with Gasteiger partial charge < -0.3 is 19.6 Å². The molecule has 2 aliphatic heterocycles. The van der Waals surface area contributed by atoms with Gasteiger partial charge in [0.05, 0.1) is 11.3 Å². The number of fused-ring (bicyclic) bond motifs is 1. The fraction of sp³-hybridized carbons (Fsp3) is 0.333. The van der Waals surface area contributed by atoms with Gasteiger partial charge in [-0.25, -0.2) is 4.79 Å². The van der Waals surface area contributed by atoms with Crippen molar-refractivity contribution < 1.29 is 19.4 Å². The smallest absolute Gasteiger partial charge is 0.335 e. The van der Waals surface area contributed by atoms with Crippen molar-refractivity contribution >= 4 is 23.3 Å². The summed E-state index contributed by atoms with van der Waals surface area (Å²) in [6, 6.07) is 12.3. The fourth-order valence-corrected chi connectivity index (χ4v) is 3.77. The first kappa shape index (κ1) is 17.4. The molecule has 1 unspecified atom stereocenters. The highest BCUT2D eigenvalue weighted by Crippen LogP contribution is 2.42. The molecular weight excluding hydrogens is 344 g/mol. The minimum absolute atomic E-state index is 0.0537. The minimum Gasteiger partial charge on any atom is -0.478 e. The maximum atomic E-state index is 12.7. The molecule has 6 heteroatoms. The molecule has 1 atom stereocenters. The van der Waals surface area contributed by atoms with E-state index in [0.717, 1.165) is 37.3 Å². The predicted molar refractivity (Wildman–Crippen MR) is 102 cm³/mol. The molecule has 0 radical (unpaired) electrons. The van der Waals surface area contributed by atoms with E-state index in [-0.39, 0.29) is 17.7 Å². The van der Waals surface area contributed by atoms with Crippen LogP contribution in [0.3, 0.4) is 0 Å². The molecule has 140 valence electrons. The van der Waals surface area contributed by atoms with E-state index in [1.165, 1.54) is 6.42 Å². The van der Waals surface area contributed by atoms with E-state index in [1.807, 2.05) is 34.9 Å². The van der Waals surface area contributed by atoms with Crippen LogP contribution in [0, 0.1) is 0 Å². The zero-order valence-electron chi connectivity index (χ0n) is 15.2. The number of rotatable bonds is 3. The molecule has 2 aromatic carbocycles. The summed E-state index contributed by atoms with van der Waals surface area (Å²) in [5.41, 5.74) is 2.61. The van der Waals surface area contributed by atoms with Gasteiger partial charge in [-0.15, -0.1) is 0 Å². The molecule has 1 N–H and O–H groups in total. The third kappa shape index (κ3) is 3.23. The Bertz CT molecular complexity index is 872. The average molecular weight is 366 g/mol. The highest BCUT2D eigenvalue weighted by Gasteiger charge is 2.30. The first-order valence-corrected chi connectivity index (χ1v) is 9.27. The summed E-state index contributed by atoms with van der Waals surface area (Å²) in [5.74, 6) is -0.223. The number of nitrogens with zero attached hydrogens (tertiary/aromatic N) is 2. The van der Waals surface area contributed by atoms with Crippen LogP contribution in [0.4, 0.5) is 11.4 Å². The number of hydrogen-bond donors (Lipinski definition) is 1. The van der Waals surface area contributed by atoms with Gasteiger partial charge in [0.25, 0.3) is 5.91 Å². The number of carboxylic acid groups (broad SMARTS) is 1. The van der Waals surface area contributed by atoms with E-state index in [0.29, 0.717) is 11.3 Å². The molecule has 4 rings (SSSR count). The average Bonchev–Trinajstić information content (AvgIpc) is 3.03.